The highest BCUT2D eigenvalue weighted by molar-refractivity contribution is 9.10. The summed E-state index contributed by atoms with van der Waals surface area (Å²) >= 11 is 3.58. The zero-order chi connectivity index (χ0) is 21.2. The van der Waals surface area contributed by atoms with Crippen molar-refractivity contribution in [1.29, 1.82) is 0 Å². The van der Waals surface area contributed by atoms with E-state index in [0.717, 1.165) is 23.0 Å². The van der Waals surface area contributed by atoms with Crippen LogP contribution in [0.25, 0.3) is 0 Å². The van der Waals surface area contributed by atoms with Crippen molar-refractivity contribution >= 4 is 15.9 Å². The third-order valence-electron chi connectivity index (χ3n) is 4.37. The van der Waals surface area contributed by atoms with Crippen molar-refractivity contribution in [2.75, 3.05) is 20.3 Å². The highest BCUT2D eigenvalue weighted by Crippen LogP contribution is 2.34. The van der Waals surface area contributed by atoms with Crippen molar-refractivity contribution in [3.63, 3.8) is 0 Å². The molecular weight excluding hydrogens is 451 g/mol. The first-order valence-electron chi connectivity index (χ1n) is 9.64. The van der Waals surface area contributed by atoms with Gasteiger partial charge in [0.05, 0.1) is 13.7 Å². The molecule has 0 atom stereocenters. The molecular formula is C23H24BrFN2O3. The van der Waals surface area contributed by atoms with Crippen LogP contribution in [0.3, 0.4) is 0 Å². The summed E-state index contributed by atoms with van der Waals surface area (Å²) < 4.78 is 31.5. The first-order valence-corrected chi connectivity index (χ1v) is 10.4. The van der Waals surface area contributed by atoms with Crippen LogP contribution in [0.2, 0.25) is 0 Å². The van der Waals surface area contributed by atoms with Crippen LogP contribution in [0.1, 0.15) is 17.5 Å². The second-order valence-corrected chi connectivity index (χ2v) is 7.38. The maximum Gasteiger partial charge on any atom is 0.213 e. The first-order chi connectivity index (χ1) is 14.7. The van der Waals surface area contributed by atoms with E-state index in [0.29, 0.717) is 36.1 Å². The molecule has 0 aliphatic rings. The molecule has 5 nitrogen and oxygen atoms in total. The van der Waals surface area contributed by atoms with E-state index in [1.807, 2.05) is 30.3 Å². The Bertz CT molecular complexity index is 941. The van der Waals surface area contributed by atoms with Gasteiger partial charge in [0.15, 0.2) is 11.5 Å². The molecule has 0 radical (unpaired) electrons. The molecule has 158 valence electrons. The first kappa shape index (κ1) is 22.1. The third kappa shape index (κ3) is 6.43. The van der Waals surface area contributed by atoms with Crippen LogP contribution in [0.15, 0.2) is 65.3 Å². The molecule has 0 amide bonds. The van der Waals surface area contributed by atoms with Crippen LogP contribution >= 0.6 is 15.9 Å². The van der Waals surface area contributed by atoms with Crippen molar-refractivity contribution in [2.45, 2.75) is 19.6 Å². The summed E-state index contributed by atoms with van der Waals surface area (Å²) in [6, 6.07) is 15.9. The minimum absolute atomic E-state index is 0.128. The SMILES string of the molecule is COc1cc(CNCCCOc2ccccn2)c(Br)cc1OCc1ccccc1F. The van der Waals surface area contributed by atoms with Gasteiger partial charge in [-0.05, 0) is 42.8 Å². The van der Waals surface area contributed by atoms with Gasteiger partial charge in [0, 0.05) is 28.8 Å². The molecule has 1 heterocycles. The van der Waals surface area contributed by atoms with Crippen LogP contribution in [0, 0.1) is 5.82 Å². The number of nitrogens with zero attached hydrogens (tertiary/aromatic N) is 1. The molecule has 1 aromatic heterocycles. The van der Waals surface area contributed by atoms with Crippen LogP contribution in [-0.4, -0.2) is 25.2 Å². The van der Waals surface area contributed by atoms with Crippen molar-refractivity contribution in [3.8, 4) is 17.4 Å². The molecule has 0 aliphatic heterocycles. The summed E-state index contributed by atoms with van der Waals surface area (Å²) in [6.07, 6.45) is 2.57. The third-order valence-corrected chi connectivity index (χ3v) is 5.11. The average molecular weight is 475 g/mol. The lowest BCUT2D eigenvalue weighted by Gasteiger charge is -2.15. The lowest BCUT2D eigenvalue weighted by atomic mass is 10.2. The second kappa shape index (κ2) is 11.5. The summed E-state index contributed by atoms with van der Waals surface area (Å²) in [5.41, 5.74) is 1.53. The maximum atomic E-state index is 13.8. The van der Waals surface area contributed by atoms with Gasteiger partial charge >= 0.3 is 0 Å². The van der Waals surface area contributed by atoms with Crippen LogP contribution in [0.4, 0.5) is 4.39 Å². The van der Waals surface area contributed by atoms with E-state index in [1.165, 1.54) is 6.07 Å². The van der Waals surface area contributed by atoms with E-state index < -0.39 is 0 Å². The quantitative estimate of drug-likeness (QED) is 0.390. The van der Waals surface area contributed by atoms with Crippen LogP contribution < -0.4 is 19.5 Å². The molecule has 7 heteroatoms. The molecule has 0 saturated carbocycles. The van der Waals surface area contributed by atoms with E-state index >= 15 is 0 Å². The average Bonchev–Trinajstić information content (AvgIpc) is 2.77. The Morgan fingerprint density at radius 1 is 1.00 bits per heavy atom. The topological polar surface area (TPSA) is 52.6 Å². The van der Waals surface area contributed by atoms with E-state index in [9.17, 15) is 4.39 Å². The summed E-state index contributed by atoms with van der Waals surface area (Å²) in [4.78, 5) is 4.13. The van der Waals surface area contributed by atoms with Gasteiger partial charge in [-0.25, -0.2) is 9.37 Å². The molecule has 3 aromatic rings. The van der Waals surface area contributed by atoms with Crippen molar-refractivity contribution < 1.29 is 18.6 Å². The van der Waals surface area contributed by atoms with Gasteiger partial charge in [0.25, 0.3) is 0 Å². The van der Waals surface area contributed by atoms with Crippen molar-refractivity contribution in [2.24, 2.45) is 0 Å². The molecule has 30 heavy (non-hydrogen) atoms. The molecule has 0 spiro atoms. The van der Waals surface area contributed by atoms with E-state index in [2.05, 4.69) is 26.2 Å². The Kier molecular flexibility index (Phi) is 8.47. The normalized spacial score (nSPS) is 10.6. The Morgan fingerprint density at radius 2 is 1.83 bits per heavy atom. The zero-order valence-electron chi connectivity index (χ0n) is 16.7. The number of methoxy groups -OCH3 is 1. The highest BCUT2D eigenvalue weighted by Gasteiger charge is 2.11. The van der Waals surface area contributed by atoms with Crippen molar-refractivity contribution in [3.05, 3.63) is 82.2 Å². The summed E-state index contributed by atoms with van der Waals surface area (Å²) in [7, 11) is 1.59. The van der Waals surface area contributed by atoms with Gasteiger partial charge in [0.2, 0.25) is 5.88 Å². The predicted molar refractivity (Wildman–Crippen MR) is 117 cm³/mol. The van der Waals surface area contributed by atoms with E-state index in [4.69, 9.17) is 14.2 Å². The van der Waals surface area contributed by atoms with Crippen LogP contribution in [-0.2, 0) is 13.2 Å². The predicted octanol–water partition coefficient (Wildman–Crippen LogP) is 5.13. The van der Waals surface area contributed by atoms with Gasteiger partial charge in [-0.3, -0.25) is 0 Å². The monoisotopic (exact) mass is 474 g/mol. The molecule has 0 aliphatic carbocycles. The minimum Gasteiger partial charge on any atom is -0.493 e. The molecule has 0 unspecified atom stereocenters. The van der Waals surface area contributed by atoms with Crippen LogP contribution in [0.5, 0.6) is 17.4 Å². The lowest BCUT2D eigenvalue weighted by Crippen LogP contribution is -2.17. The zero-order valence-corrected chi connectivity index (χ0v) is 18.3. The van der Waals surface area contributed by atoms with E-state index in [1.54, 1.807) is 31.5 Å². The highest BCUT2D eigenvalue weighted by atomic mass is 79.9. The Morgan fingerprint density at radius 3 is 2.60 bits per heavy atom. The number of rotatable bonds is 11. The minimum atomic E-state index is -0.289. The number of pyridine rings is 1. The lowest BCUT2D eigenvalue weighted by molar-refractivity contribution is 0.279. The molecule has 1 N–H and O–H groups in total. The maximum absolute atomic E-state index is 13.8. The van der Waals surface area contributed by atoms with Gasteiger partial charge in [0.1, 0.15) is 12.4 Å². The number of hydrogen-bond acceptors (Lipinski definition) is 5. The fraction of sp³-hybridized carbons (Fsp3) is 0.261. The molecule has 0 saturated heterocycles. The standard InChI is InChI=1S/C23H24BrFN2O3/c1-28-21-13-18(15-26-10-6-12-29-23-9-4-5-11-27-23)19(24)14-22(21)30-16-17-7-2-3-8-20(17)25/h2-5,7-9,11,13-14,26H,6,10,12,15-16H2,1H3. The molecule has 0 bridgehead atoms. The molecule has 3 rings (SSSR count). The number of hydrogen-bond donors (Lipinski definition) is 1. The van der Waals surface area contributed by atoms with Gasteiger partial charge in [-0.2, -0.15) is 0 Å². The number of benzene rings is 2. The Hall–Kier alpha value is -2.64. The number of aromatic nitrogens is 1. The Labute approximate surface area is 184 Å². The number of nitrogens with one attached hydrogen (secondary N) is 1. The summed E-state index contributed by atoms with van der Waals surface area (Å²) in [6.45, 7) is 2.18. The summed E-state index contributed by atoms with van der Waals surface area (Å²) in [5, 5.41) is 3.39. The Balaban J connectivity index is 1.49. The fourth-order valence-corrected chi connectivity index (χ4v) is 3.25. The molecule has 2 aromatic carbocycles. The smallest absolute Gasteiger partial charge is 0.213 e. The van der Waals surface area contributed by atoms with Gasteiger partial charge in [-0.15, -0.1) is 0 Å². The fourth-order valence-electron chi connectivity index (χ4n) is 2.79. The number of ether oxygens (including phenoxy) is 3. The van der Waals surface area contributed by atoms with Gasteiger partial charge < -0.3 is 19.5 Å². The second-order valence-electron chi connectivity index (χ2n) is 6.52. The molecule has 0 fully saturated rings. The van der Waals surface area contributed by atoms with E-state index in [-0.39, 0.29) is 12.4 Å². The largest absolute Gasteiger partial charge is 0.493 e. The van der Waals surface area contributed by atoms with Crippen molar-refractivity contribution in [1.82, 2.24) is 10.3 Å². The van der Waals surface area contributed by atoms with Gasteiger partial charge in [-0.1, -0.05) is 40.2 Å². The summed E-state index contributed by atoms with van der Waals surface area (Å²) in [5.74, 6) is 1.50. The number of halogens is 2.